The van der Waals surface area contributed by atoms with Gasteiger partial charge in [0.1, 0.15) is 5.69 Å². The molecule has 0 aliphatic rings. The molecule has 0 aliphatic heterocycles. The van der Waals surface area contributed by atoms with Crippen molar-refractivity contribution in [2.45, 2.75) is 19.8 Å². The maximum Gasteiger partial charge on any atom is 0.186 e. The Morgan fingerprint density at radius 3 is 2.80 bits per heavy atom. The van der Waals surface area contributed by atoms with Crippen molar-refractivity contribution in [3.8, 4) is 0 Å². The molecule has 1 unspecified atom stereocenters. The highest BCUT2D eigenvalue weighted by molar-refractivity contribution is 9.10. The molecule has 0 fully saturated rings. The topological polar surface area (TPSA) is 60.9 Å². The van der Waals surface area contributed by atoms with Gasteiger partial charge >= 0.3 is 0 Å². The number of nitrogens with two attached hydrogens (primary N) is 1. The fourth-order valence-corrected chi connectivity index (χ4v) is 2.13. The van der Waals surface area contributed by atoms with Crippen molar-refractivity contribution < 1.29 is 4.79 Å². The second kappa shape index (κ2) is 5.42. The zero-order valence-electron chi connectivity index (χ0n) is 9.03. The van der Waals surface area contributed by atoms with Crippen LogP contribution in [-0.2, 0) is 7.05 Å². The molecule has 2 N–H and O–H groups in total. The van der Waals surface area contributed by atoms with Crippen LogP contribution in [0.2, 0.25) is 0 Å². The minimum atomic E-state index is -0.0956. The van der Waals surface area contributed by atoms with Crippen molar-refractivity contribution in [1.29, 1.82) is 0 Å². The highest BCUT2D eigenvalue weighted by Crippen LogP contribution is 2.20. The molecule has 84 valence electrons. The number of hydrogen-bond acceptors (Lipinski definition) is 3. The number of carbonyl (C=O) groups excluding carboxylic acids is 1. The summed E-state index contributed by atoms with van der Waals surface area (Å²) >= 11 is 3.32. The third-order valence-electron chi connectivity index (χ3n) is 2.42. The number of Topliss-reactive ketones (excluding diaryl/α,β-unsaturated/α-hetero) is 1. The summed E-state index contributed by atoms with van der Waals surface area (Å²) in [5.41, 5.74) is 6.21. The number of hydrogen-bond donors (Lipinski definition) is 1. The number of ketones is 1. The number of carbonyl (C=O) groups is 1. The molecule has 0 amide bonds. The second-order valence-electron chi connectivity index (χ2n) is 3.55. The van der Waals surface area contributed by atoms with Crippen molar-refractivity contribution in [3.63, 3.8) is 0 Å². The van der Waals surface area contributed by atoms with Crippen LogP contribution in [0.25, 0.3) is 0 Å². The first-order valence-electron chi connectivity index (χ1n) is 5.03. The highest BCUT2D eigenvalue weighted by atomic mass is 79.9. The minimum Gasteiger partial charge on any atom is -0.330 e. The third kappa shape index (κ3) is 2.66. The van der Waals surface area contributed by atoms with Gasteiger partial charge in [-0.25, -0.2) is 0 Å². The first-order chi connectivity index (χ1) is 7.11. The van der Waals surface area contributed by atoms with Crippen molar-refractivity contribution in [1.82, 2.24) is 9.78 Å². The molecule has 1 aromatic rings. The van der Waals surface area contributed by atoms with Gasteiger partial charge in [0.2, 0.25) is 0 Å². The SMILES string of the molecule is CCCC(CN)C(=O)c1c(Br)cnn1C. The summed E-state index contributed by atoms with van der Waals surface area (Å²) < 4.78 is 2.33. The predicted molar refractivity (Wildman–Crippen MR) is 62.7 cm³/mol. The molecule has 0 bridgehead atoms. The van der Waals surface area contributed by atoms with Gasteiger partial charge in [0.25, 0.3) is 0 Å². The van der Waals surface area contributed by atoms with Gasteiger partial charge < -0.3 is 5.73 Å². The number of aromatic nitrogens is 2. The predicted octanol–water partition coefficient (Wildman–Crippen LogP) is 1.74. The van der Waals surface area contributed by atoms with E-state index in [4.69, 9.17) is 5.73 Å². The second-order valence-corrected chi connectivity index (χ2v) is 4.40. The third-order valence-corrected chi connectivity index (χ3v) is 3.00. The molecule has 0 saturated carbocycles. The summed E-state index contributed by atoms with van der Waals surface area (Å²) in [4.78, 5) is 12.1. The Labute approximate surface area is 98.0 Å². The number of nitrogens with zero attached hydrogens (tertiary/aromatic N) is 2. The van der Waals surface area contributed by atoms with E-state index in [0.29, 0.717) is 12.2 Å². The molecule has 15 heavy (non-hydrogen) atoms. The molecule has 0 aliphatic carbocycles. The van der Waals surface area contributed by atoms with E-state index in [0.717, 1.165) is 17.3 Å². The molecule has 0 saturated heterocycles. The standard InChI is InChI=1S/C10H16BrN3O/c1-3-4-7(5-12)10(15)9-8(11)6-13-14(9)2/h6-7H,3-5,12H2,1-2H3. The lowest BCUT2D eigenvalue weighted by atomic mass is 9.97. The van der Waals surface area contributed by atoms with Crippen molar-refractivity contribution >= 4 is 21.7 Å². The van der Waals surface area contributed by atoms with Crippen molar-refractivity contribution in [3.05, 3.63) is 16.4 Å². The molecule has 0 radical (unpaired) electrons. The van der Waals surface area contributed by atoms with E-state index in [1.807, 2.05) is 6.92 Å². The molecule has 1 heterocycles. The molecule has 1 rings (SSSR count). The van der Waals surface area contributed by atoms with E-state index >= 15 is 0 Å². The Balaban J connectivity index is 2.92. The average Bonchev–Trinajstić information content (AvgIpc) is 2.54. The summed E-state index contributed by atoms with van der Waals surface area (Å²) in [6.45, 7) is 2.44. The number of rotatable bonds is 5. The monoisotopic (exact) mass is 273 g/mol. The summed E-state index contributed by atoms with van der Waals surface area (Å²) in [6.07, 6.45) is 3.42. The Morgan fingerprint density at radius 1 is 1.73 bits per heavy atom. The van der Waals surface area contributed by atoms with Crippen LogP contribution in [0.5, 0.6) is 0 Å². The minimum absolute atomic E-state index is 0.0752. The Kier molecular flexibility index (Phi) is 4.47. The van der Waals surface area contributed by atoms with Gasteiger partial charge in [0, 0.05) is 19.5 Å². The molecule has 0 spiro atoms. The van der Waals surface area contributed by atoms with Gasteiger partial charge in [0.05, 0.1) is 10.7 Å². The lowest BCUT2D eigenvalue weighted by molar-refractivity contribution is 0.0907. The molecular formula is C10H16BrN3O. The van der Waals surface area contributed by atoms with Gasteiger partial charge in [-0.15, -0.1) is 0 Å². The van der Waals surface area contributed by atoms with Gasteiger partial charge in [-0.05, 0) is 22.4 Å². The average molecular weight is 274 g/mol. The van der Waals surface area contributed by atoms with Crippen LogP contribution < -0.4 is 5.73 Å². The summed E-state index contributed by atoms with van der Waals surface area (Å²) in [5, 5.41) is 4.02. The molecular weight excluding hydrogens is 258 g/mol. The van der Waals surface area contributed by atoms with Crippen molar-refractivity contribution in [2.75, 3.05) is 6.54 Å². The van der Waals surface area contributed by atoms with Crippen LogP contribution in [0.15, 0.2) is 10.7 Å². The van der Waals surface area contributed by atoms with Gasteiger partial charge in [-0.3, -0.25) is 9.48 Å². The first kappa shape index (κ1) is 12.4. The van der Waals surface area contributed by atoms with Crippen LogP contribution in [0.4, 0.5) is 0 Å². The highest BCUT2D eigenvalue weighted by Gasteiger charge is 2.22. The molecule has 1 aromatic heterocycles. The van der Waals surface area contributed by atoms with E-state index in [9.17, 15) is 4.79 Å². The van der Waals surface area contributed by atoms with Crippen LogP contribution >= 0.6 is 15.9 Å². The van der Waals surface area contributed by atoms with E-state index in [1.165, 1.54) is 0 Å². The maximum atomic E-state index is 12.1. The molecule has 1 atom stereocenters. The lowest BCUT2D eigenvalue weighted by Gasteiger charge is -2.12. The molecule has 0 aromatic carbocycles. The lowest BCUT2D eigenvalue weighted by Crippen LogP contribution is -2.25. The number of halogens is 1. The van der Waals surface area contributed by atoms with Gasteiger partial charge in [-0.2, -0.15) is 5.10 Å². The fraction of sp³-hybridized carbons (Fsp3) is 0.600. The summed E-state index contributed by atoms with van der Waals surface area (Å²) in [7, 11) is 1.76. The van der Waals surface area contributed by atoms with Crippen LogP contribution in [-0.4, -0.2) is 22.1 Å². The van der Waals surface area contributed by atoms with E-state index in [2.05, 4.69) is 21.0 Å². The smallest absolute Gasteiger partial charge is 0.186 e. The molecule has 4 nitrogen and oxygen atoms in total. The van der Waals surface area contributed by atoms with Crippen LogP contribution in [0.3, 0.4) is 0 Å². The Bertz CT molecular complexity index is 329. The van der Waals surface area contributed by atoms with E-state index in [-0.39, 0.29) is 11.7 Å². The van der Waals surface area contributed by atoms with Gasteiger partial charge in [0.15, 0.2) is 5.78 Å². The molecule has 5 heteroatoms. The zero-order chi connectivity index (χ0) is 11.4. The quantitative estimate of drug-likeness (QED) is 0.832. The van der Waals surface area contributed by atoms with Crippen LogP contribution in [0, 0.1) is 5.92 Å². The Hall–Kier alpha value is -0.680. The summed E-state index contributed by atoms with van der Waals surface area (Å²) in [6, 6.07) is 0. The number of aryl methyl sites for hydroxylation is 1. The Morgan fingerprint density at radius 2 is 2.40 bits per heavy atom. The van der Waals surface area contributed by atoms with Crippen molar-refractivity contribution in [2.24, 2.45) is 18.7 Å². The first-order valence-corrected chi connectivity index (χ1v) is 5.82. The fourth-order valence-electron chi connectivity index (χ4n) is 1.59. The zero-order valence-corrected chi connectivity index (χ0v) is 10.6. The van der Waals surface area contributed by atoms with E-state index in [1.54, 1.807) is 17.9 Å². The van der Waals surface area contributed by atoms with Crippen LogP contribution in [0.1, 0.15) is 30.3 Å². The summed E-state index contributed by atoms with van der Waals surface area (Å²) in [5.74, 6) is -0.0204. The maximum absolute atomic E-state index is 12.1. The van der Waals surface area contributed by atoms with Gasteiger partial charge in [-0.1, -0.05) is 13.3 Å². The normalized spacial score (nSPS) is 12.8. The van der Waals surface area contributed by atoms with E-state index < -0.39 is 0 Å². The largest absolute Gasteiger partial charge is 0.330 e.